The average molecular weight is 214 g/mol. The van der Waals surface area contributed by atoms with Gasteiger partial charge in [-0.1, -0.05) is 22.6 Å². The van der Waals surface area contributed by atoms with Crippen molar-refractivity contribution in [1.29, 1.82) is 0 Å². The van der Waals surface area contributed by atoms with Gasteiger partial charge in [0.1, 0.15) is 0 Å². The first-order chi connectivity index (χ1) is 3.27. The summed E-state index contributed by atoms with van der Waals surface area (Å²) in [5, 5.41) is 8.56. The van der Waals surface area contributed by atoms with E-state index in [2.05, 4.69) is 22.6 Å². The van der Waals surface area contributed by atoms with E-state index in [1.165, 1.54) is 0 Å². The van der Waals surface area contributed by atoms with E-state index in [-0.39, 0.29) is 10.0 Å². The van der Waals surface area contributed by atoms with E-state index in [1.54, 1.807) is 0 Å². The van der Waals surface area contributed by atoms with Gasteiger partial charge in [-0.3, -0.25) is 0 Å². The van der Waals surface area contributed by atoms with Crippen LogP contribution in [0.2, 0.25) is 0 Å². The third-order valence-electron chi connectivity index (χ3n) is 1.00. The van der Waals surface area contributed by atoms with Crippen LogP contribution < -0.4 is 0 Å². The minimum atomic E-state index is 0.0672. The molecule has 1 aliphatic rings. The van der Waals surface area contributed by atoms with Crippen LogP contribution in [-0.4, -0.2) is 28.3 Å². The van der Waals surface area contributed by atoms with Crippen LogP contribution in [0.1, 0.15) is 0 Å². The molecule has 0 atom stereocenters. The van der Waals surface area contributed by atoms with Gasteiger partial charge in [0, 0.05) is 0 Å². The van der Waals surface area contributed by atoms with Gasteiger partial charge in [0.25, 0.3) is 0 Å². The molecule has 1 fully saturated rings. The third kappa shape index (κ3) is 1.06. The molecule has 0 bridgehead atoms. The van der Waals surface area contributed by atoms with Crippen LogP contribution in [-0.2, 0) is 4.74 Å². The monoisotopic (exact) mass is 214 g/mol. The second kappa shape index (κ2) is 1.87. The number of aliphatic hydroxyl groups excluding tert-OH is 1. The molecule has 1 heterocycles. The van der Waals surface area contributed by atoms with Crippen LogP contribution in [0.3, 0.4) is 0 Å². The number of hydrogen-bond acceptors (Lipinski definition) is 2. The first kappa shape index (κ1) is 5.78. The van der Waals surface area contributed by atoms with Gasteiger partial charge in [-0.05, 0) is 0 Å². The van der Waals surface area contributed by atoms with Crippen LogP contribution in [0, 0.1) is 0 Å². The summed E-state index contributed by atoms with van der Waals surface area (Å²) in [7, 11) is 0. The highest BCUT2D eigenvalue weighted by molar-refractivity contribution is 14.1. The van der Waals surface area contributed by atoms with Crippen LogP contribution in [0.15, 0.2) is 0 Å². The molecule has 0 aromatic heterocycles. The molecule has 1 saturated heterocycles. The van der Waals surface area contributed by atoms with Crippen molar-refractivity contribution in [2.24, 2.45) is 0 Å². The largest absolute Gasteiger partial charge is 0.395 e. The maximum atomic E-state index is 8.56. The summed E-state index contributed by atoms with van der Waals surface area (Å²) >= 11 is 2.22. The normalized spacial score (nSPS) is 26.6. The Morgan fingerprint density at radius 2 is 2.29 bits per heavy atom. The fourth-order valence-corrected chi connectivity index (χ4v) is 0.855. The highest BCUT2D eigenvalue weighted by Gasteiger charge is 2.34. The number of rotatable bonds is 1. The molecule has 0 saturated carbocycles. The Balaban J connectivity index is 2.29. The number of hydrogen-bond donors (Lipinski definition) is 1. The van der Waals surface area contributed by atoms with Crippen molar-refractivity contribution in [1.82, 2.24) is 0 Å². The molecule has 0 aromatic carbocycles. The first-order valence-electron chi connectivity index (χ1n) is 2.14. The minimum Gasteiger partial charge on any atom is -0.395 e. The lowest BCUT2D eigenvalue weighted by atomic mass is 10.1. The van der Waals surface area contributed by atoms with Gasteiger partial charge >= 0.3 is 0 Å². The molecule has 7 heavy (non-hydrogen) atoms. The molecule has 0 aromatic rings. The second-order valence-corrected chi connectivity index (χ2v) is 4.09. The van der Waals surface area contributed by atoms with Gasteiger partial charge in [-0.2, -0.15) is 0 Å². The Morgan fingerprint density at radius 1 is 1.71 bits per heavy atom. The van der Waals surface area contributed by atoms with Gasteiger partial charge < -0.3 is 9.84 Å². The highest BCUT2D eigenvalue weighted by Crippen LogP contribution is 2.26. The van der Waals surface area contributed by atoms with Crippen molar-refractivity contribution in [2.45, 2.75) is 3.42 Å². The number of aliphatic hydroxyl groups is 1. The van der Waals surface area contributed by atoms with E-state index in [0.717, 1.165) is 0 Å². The zero-order chi connectivity index (χ0) is 5.33. The van der Waals surface area contributed by atoms with Crippen LogP contribution >= 0.6 is 22.6 Å². The van der Waals surface area contributed by atoms with Gasteiger partial charge in [-0.15, -0.1) is 0 Å². The Kier molecular flexibility index (Phi) is 1.55. The van der Waals surface area contributed by atoms with Crippen molar-refractivity contribution in [3.05, 3.63) is 0 Å². The Morgan fingerprint density at radius 3 is 2.29 bits per heavy atom. The molecule has 0 radical (unpaired) electrons. The number of ether oxygens (including phenoxy) is 1. The zero-order valence-corrected chi connectivity index (χ0v) is 6.01. The second-order valence-electron chi connectivity index (χ2n) is 1.80. The van der Waals surface area contributed by atoms with E-state index in [4.69, 9.17) is 9.84 Å². The van der Waals surface area contributed by atoms with Crippen LogP contribution in [0.25, 0.3) is 0 Å². The maximum Gasteiger partial charge on any atom is 0.0917 e. The lowest BCUT2D eigenvalue weighted by Crippen LogP contribution is -2.46. The Labute approximate surface area is 56.0 Å². The van der Waals surface area contributed by atoms with E-state index in [9.17, 15) is 0 Å². The predicted molar refractivity (Wildman–Crippen MR) is 34.7 cm³/mol. The quantitative estimate of drug-likeness (QED) is 0.498. The summed E-state index contributed by atoms with van der Waals surface area (Å²) < 4.78 is 4.93. The fraction of sp³-hybridized carbons (Fsp3) is 1.00. The van der Waals surface area contributed by atoms with E-state index in [1.807, 2.05) is 0 Å². The van der Waals surface area contributed by atoms with Gasteiger partial charge in [0.2, 0.25) is 0 Å². The smallest absolute Gasteiger partial charge is 0.0917 e. The maximum absolute atomic E-state index is 8.56. The van der Waals surface area contributed by atoms with Gasteiger partial charge in [0.05, 0.1) is 23.2 Å². The van der Waals surface area contributed by atoms with Crippen molar-refractivity contribution in [2.75, 3.05) is 19.8 Å². The average Bonchev–Trinajstić information content (AvgIpc) is 1.61. The molecule has 0 unspecified atom stereocenters. The molecular formula is C4H7IO2. The molecule has 1 N–H and O–H groups in total. The zero-order valence-electron chi connectivity index (χ0n) is 3.85. The van der Waals surface area contributed by atoms with Crippen molar-refractivity contribution >= 4 is 22.6 Å². The topological polar surface area (TPSA) is 29.5 Å². The lowest BCUT2D eigenvalue weighted by Gasteiger charge is -2.33. The van der Waals surface area contributed by atoms with Crippen molar-refractivity contribution < 1.29 is 9.84 Å². The summed E-state index contributed by atoms with van der Waals surface area (Å²) in [5.74, 6) is 0. The first-order valence-corrected chi connectivity index (χ1v) is 3.22. The van der Waals surface area contributed by atoms with Crippen LogP contribution in [0.5, 0.6) is 0 Å². The van der Waals surface area contributed by atoms with Crippen LogP contribution in [0.4, 0.5) is 0 Å². The lowest BCUT2D eigenvalue weighted by molar-refractivity contribution is -0.0226. The molecule has 1 aliphatic heterocycles. The molecule has 0 aliphatic carbocycles. The highest BCUT2D eigenvalue weighted by atomic mass is 127. The summed E-state index contributed by atoms with van der Waals surface area (Å²) in [6.45, 7) is 1.67. The standard InChI is InChI=1S/C4H7IO2/c5-4(1-6)2-7-3-4/h6H,1-3H2. The minimum absolute atomic E-state index is 0.0672. The molecular weight excluding hydrogens is 207 g/mol. The van der Waals surface area contributed by atoms with E-state index in [0.29, 0.717) is 13.2 Å². The summed E-state index contributed by atoms with van der Waals surface area (Å²) in [5.41, 5.74) is 0. The summed E-state index contributed by atoms with van der Waals surface area (Å²) in [6.07, 6.45) is 0. The molecule has 0 spiro atoms. The molecule has 42 valence electrons. The Bertz CT molecular complexity index is 64.6. The SMILES string of the molecule is OCC1(I)COC1. The predicted octanol–water partition coefficient (Wildman–Crippen LogP) is 0.183. The van der Waals surface area contributed by atoms with Crippen molar-refractivity contribution in [3.8, 4) is 0 Å². The Hall–Kier alpha value is 0.650. The molecule has 1 rings (SSSR count). The van der Waals surface area contributed by atoms with Crippen molar-refractivity contribution in [3.63, 3.8) is 0 Å². The summed E-state index contributed by atoms with van der Waals surface area (Å²) in [4.78, 5) is 0. The molecule has 0 amide bonds. The number of alkyl halides is 1. The summed E-state index contributed by atoms with van der Waals surface area (Å²) in [6, 6.07) is 0. The molecule has 3 heteroatoms. The van der Waals surface area contributed by atoms with Gasteiger partial charge in [0.15, 0.2) is 0 Å². The molecule has 2 nitrogen and oxygen atoms in total. The van der Waals surface area contributed by atoms with Gasteiger partial charge in [-0.25, -0.2) is 0 Å². The number of halogens is 1. The van der Waals surface area contributed by atoms with E-state index >= 15 is 0 Å². The van der Waals surface area contributed by atoms with E-state index < -0.39 is 0 Å². The fourth-order valence-electron chi connectivity index (χ4n) is 0.415. The third-order valence-corrected chi connectivity index (χ3v) is 1.97.